The van der Waals surface area contributed by atoms with Gasteiger partial charge in [0.15, 0.2) is 6.29 Å². The molecule has 0 fully saturated rings. The quantitative estimate of drug-likeness (QED) is 0.641. The van der Waals surface area contributed by atoms with Gasteiger partial charge in [0.05, 0.1) is 18.5 Å². The maximum Gasteiger partial charge on any atom is 0.168 e. The Morgan fingerprint density at radius 3 is 2.71 bits per heavy atom. The van der Waals surface area contributed by atoms with Gasteiger partial charge in [-0.2, -0.15) is 5.10 Å². The topological polar surface area (TPSA) is 70.1 Å². The SMILES string of the molecule is COc1ccc(-c2cc(C=O)n(C)n2)cc1N. The minimum absolute atomic E-state index is 0.523. The molecule has 0 aliphatic heterocycles. The number of ether oxygens (including phenoxy) is 1. The van der Waals surface area contributed by atoms with E-state index in [9.17, 15) is 4.79 Å². The van der Waals surface area contributed by atoms with E-state index in [1.54, 1.807) is 32.4 Å². The number of anilines is 1. The lowest BCUT2D eigenvalue weighted by Crippen LogP contribution is -1.96. The summed E-state index contributed by atoms with van der Waals surface area (Å²) in [5.41, 5.74) is 8.45. The van der Waals surface area contributed by atoms with Crippen LogP contribution >= 0.6 is 0 Å². The maximum absolute atomic E-state index is 10.7. The number of nitrogen functional groups attached to an aromatic ring is 1. The van der Waals surface area contributed by atoms with Crippen molar-refractivity contribution in [2.75, 3.05) is 12.8 Å². The molecule has 0 aliphatic carbocycles. The predicted molar refractivity (Wildman–Crippen MR) is 65.0 cm³/mol. The average Bonchev–Trinajstić information content (AvgIpc) is 2.70. The summed E-state index contributed by atoms with van der Waals surface area (Å²) in [5.74, 6) is 0.625. The molecule has 88 valence electrons. The molecule has 0 aliphatic rings. The molecule has 17 heavy (non-hydrogen) atoms. The van der Waals surface area contributed by atoms with E-state index in [2.05, 4.69) is 5.10 Å². The van der Waals surface area contributed by atoms with Gasteiger partial charge in [-0.25, -0.2) is 0 Å². The first kappa shape index (κ1) is 11.2. The predicted octanol–water partition coefficient (Wildman–Crippen LogP) is 1.49. The van der Waals surface area contributed by atoms with Gasteiger partial charge in [-0.1, -0.05) is 0 Å². The number of aldehydes is 1. The zero-order valence-electron chi connectivity index (χ0n) is 9.68. The van der Waals surface area contributed by atoms with Crippen molar-refractivity contribution in [3.05, 3.63) is 30.0 Å². The third kappa shape index (κ3) is 1.99. The molecule has 0 saturated carbocycles. The summed E-state index contributed by atoms with van der Waals surface area (Å²) in [6, 6.07) is 7.12. The van der Waals surface area contributed by atoms with Crippen LogP contribution in [0.15, 0.2) is 24.3 Å². The normalized spacial score (nSPS) is 10.2. The first-order chi connectivity index (χ1) is 8.15. The Labute approximate surface area is 98.8 Å². The van der Waals surface area contributed by atoms with E-state index in [1.165, 1.54) is 4.68 Å². The molecule has 0 spiro atoms. The molecular formula is C12H13N3O2. The molecule has 0 amide bonds. The van der Waals surface area contributed by atoms with Crippen molar-refractivity contribution in [3.8, 4) is 17.0 Å². The highest BCUT2D eigenvalue weighted by Gasteiger charge is 2.08. The van der Waals surface area contributed by atoms with Crippen molar-refractivity contribution in [1.82, 2.24) is 9.78 Å². The van der Waals surface area contributed by atoms with E-state index in [0.717, 1.165) is 11.8 Å². The van der Waals surface area contributed by atoms with Crippen LogP contribution in [-0.2, 0) is 7.05 Å². The molecule has 0 radical (unpaired) electrons. The van der Waals surface area contributed by atoms with Crippen LogP contribution in [0.2, 0.25) is 0 Å². The van der Waals surface area contributed by atoms with E-state index in [0.29, 0.717) is 22.8 Å². The van der Waals surface area contributed by atoms with Crippen LogP contribution in [0.25, 0.3) is 11.3 Å². The van der Waals surface area contributed by atoms with E-state index in [4.69, 9.17) is 10.5 Å². The Hall–Kier alpha value is -2.30. The monoisotopic (exact) mass is 231 g/mol. The van der Waals surface area contributed by atoms with Gasteiger partial charge in [0.25, 0.3) is 0 Å². The second-order valence-electron chi connectivity index (χ2n) is 3.65. The lowest BCUT2D eigenvalue weighted by atomic mass is 10.1. The van der Waals surface area contributed by atoms with Gasteiger partial charge in [0.2, 0.25) is 0 Å². The number of nitrogens with two attached hydrogens (primary N) is 1. The molecule has 2 N–H and O–H groups in total. The molecule has 0 bridgehead atoms. The standard InChI is InChI=1S/C12H13N3O2/c1-15-9(7-16)6-11(14-15)8-3-4-12(17-2)10(13)5-8/h3-7H,13H2,1-2H3. The smallest absolute Gasteiger partial charge is 0.168 e. The minimum atomic E-state index is 0.523. The molecule has 1 aromatic carbocycles. The van der Waals surface area contributed by atoms with Crippen LogP contribution in [0.1, 0.15) is 10.5 Å². The number of nitrogens with zero attached hydrogens (tertiary/aromatic N) is 2. The molecule has 5 heteroatoms. The zero-order valence-corrected chi connectivity index (χ0v) is 9.68. The van der Waals surface area contributed by atoms with Gasteiger partial charge in [-0.3, -0.25) is 9.48 Å². The molecule has 0 atom stereocenters. The fourth-order valence-electron chi connectivity index (χ4n) is 1.63. The second kappa shape index (κ2) is 4.29. The Kier molecular flexibility index (Phi) is 2.82. The number of methoxy groups -OCH3 is 1. The molecule has 1 heterocycles. The fraction of sp³-hybridized carbons (Fsp3) is 0.167. The largest absolute Gasteiger partial charge is 0.495 e. The Morgan fingerprint density at radius 2 is 2.18 bits per heavy atom. The van der Waals surface area contributed by atoms with Crippen molar-refractivity contribution in [3.63, 3.8) is 0 Å². The summed E-state index contributed by atoms with van der Waals surface area (Å²) in [5, 5.41) is 4.24. The number of carbonyl (C=O) groups is 1. The van der Waals surface area contributed by atoms with Crippen molar-refractivity contribution < 1.29 is 9.53 Å². The Morgan fingerprint density at radius 1 is 1.41 bits per heavy atom. The van der Waals surface area contributed by atoms with E-state index in [1.807, 2.05) is 6.07 Å². The third-order valence-electron chi connectivity index (χ3n) is 2.56. The van der Waals surface area contributed by atoms with Crippen LogP contribution in [0.3, 0.4) is 0 Å². The first-order valence-corrected chi connectivity index (χ1v) is 5.09. The number of hydrogen-bond donors (Lipinski definition) is 1. The molecule has 1 aromatic heterocycles. The van der Waals surface area contributed by atoms with Crippen LogP contribution in [-0.4, -0.2) is 23.2 Å². The molecule has 2 rings (SSSR count). The van der Waals surface area contributed by atoms with Crippen molar-refractivity contribution in [2.45, 2.75) is 0 Å². The lowest BCUT2D eigenvalue weighted by Gasteiger charge is -2.05. The van der Waals surface area contributed by atoms with E-state index in [-0.39, 0.29) is 0 Å². The number of hydrogen-bond acceptors (Lipinski definition) is 4. The number of aryl methyl sites for hydroxylation is 1. The van der Waals surface area contributed by atoms with Crippen molar-refractivity contribution >= 4 is 12.0 Å². The summed E-state index contributed by atoms with van der Waals surface area (Å²) < 4.78 is 6.61. The fourth-order valence-corrected chi connectivity index (χ4v) is 1.63. The highest BCUT2D eigenvalue weighted by atomic mass is 16.5. The van der Waals surface area contributed by atoms with Crippen LogP contribution in [0.4, 0.5) is 5.69 Å². The van der Waals surface area contributed by atoms with Gasteiger partial charge in [0.1, 0.15) is 11.4 Å². The minimum Gasteiger partial charge on any atom is -0.495 e. The number of aromatic nitrogens is 2. The molecular weight excluding hydrogens is 218 g/mol. The maximum atomic E-state index is 10.7. The highest BCUT2D eigenvalue weighted by Crippen LogP contribution is 2.27. The summed E-state index contributed by atoms with van der Waals surface area (Å²) in [6.45, 7) is 0. The molecule has 5 nitrogen and oxygen atoms in total. The van der Waals surface area contributed by atoms with Gasteiger partial charge in [0, 0.05) is 12.6 Å². The van der Waals surface area contributed by atoms with Crippen molar-refractivity contribution in [2.24, 2.45) is 7.05 Å². The van der Waals surface area contributed by atoms with Crippen LogP contribution in [0.5, 0.6) is 5.75 Å². The summed E-state index contributed by atoms with van der Waals surface area (Å²) in [6.07, 6.45) is 0.767. The summed E-state index contributed by atoms with van der Waals surface area (Å²) in [4.78, 5) is 10.7. The zero-order chi connectivity index (χ0) is 12.4. The number of benzene rings is 1. The van der Waals surface area contributed by atoms with Gasteiger partial charge >= 0.3 is 0 Å². The van der Waals surface area contributed by atoms with Crippen LogP contribution < -0.4 is 10.5 Å². The van der Waals surface area contributed by atoms with E-state index >= 15 is 0 Å². The lowest BCUT2D eigenvalue weighted by molar-refractivity contribution is 0.111. The van der Waals surface area contributed by atoms with Crippen molar-refractivity contribution in [1.29, 1.82) is 0 Å². The average molecular weight is 231 g/mol. The van der Waals surface area contributed by atoms with Gasteiger partial charge in [-0.05, 0) is 24.3 Å². The number of rotatable bonds is 3. The molecule has 0 unspecified atom stereocenters. The molecule has 2 aromatic rings. The first-order valence-electron chi connectivity index (χ1n) is 5.09. The van der Waals surface area contributed by atoms with Gasteiger partial charge < -0.3 is 10.5 Å². The Balaban J connectivity index is 2.45. The highest BCUT2D eigenvalue weighted by molar-refractivity contribution is 5.77. The van der Waals surface area contributed by atoms with Gasteiger partial charge in [-0.15, -0.1) is 0 Å². The second-order valence-corrected chi connectivity index (χ2v) is 3.65. The van der Waals surface area contributed by atoms with Crippen LogP contribution in [0, 0.1) is 0 Å². The van der Waals surface area contributed by atoms with E-state index < -0.39 is 0 Å². The molecule has 0 saturated heterocycles. The third-order valence-corrected chi connectivity index (χ3v) is 2.56. The summed E-state index contributed by atoms with van der Waals surface area (Å²) >= 11 is 0. The Bertz CT molecular complexity index is 561. The number of carbonyl (C=O) groups excluding carboxylic acids is 1. The summed E-state index contributed by atoms with van der Waals surface area (Å²) in [7, 11) is 3.29.